The van der Waals surface area contributed by atoms with Crippen LogP contribution in [0.1, 0.15) is 11.1 Å². The van der Waals surface area contributed by atoms with Crippen LogP contribution in [-0.2, 0) is 9.53 Å². The topological polar surface area (TPSA) is 56.6 Å². The Morgan fingerprint density at radius 1 is 1.21 bits per heavy atom. The van der Waals surface area contributed by atoms with Gasteiger partial charge in [0.2, 0.25) is 0 Å². The second-order valence-electron chi connectivity index (χ2n) is 7.62. The molecule has 1 aliphatic rings. The van der Waals surface area contributed by atoms with Gasteiger partial charge in [0, 0.05) is 24.4 Å². The number of aromatic nitrogens is 2. The second-order valence-corrected chi connectivity index (χ2v) is 9.29. The number of thioether (sulfide) groups is 1. The van der Waals surface area contributed by atoms with E-state index in [9.17, 15) is 4.79 Å². The first-order chi connectivity index (χ1) is 16.5. The van der Waals surface area contributed by atoms with E-state index < -0.39 is 0 Å². The van der Waals surface area contributed by atoms with Crippen LogP contribution in [0.25, 0.3) is 23.0 Å². The molecule has 1 saturated heterocycles. The molecular weight excluding hydrogens is 466 g/mol. The monoisotopic (exact) mass is 491 g/mol. The molecule has 6 nitrogen and oxygen atoms in total. The first kappa shape index (κ1) is 23.9. The van der Waals surface area contributed by atoms with E-state index in [2.05, 4.69) is 6.58 Å². The Kier molecular flexibility index (Phi) is 7.62. The Morgan fingerprint density at radius 3 is 2.71 bits per heavy atom. The molecule has 4 rings (SSSR count). The zero-order chi connectivity index (χ0) is 24.1. The largest absolute Gasteiger partial charge is 0.490 e. The number of carbonyl (C=O) groups is 1. The lowest BCUT2D eigenvalue weighted by molar-refractivity contribution is -0.122. The van der Waals surface area contributed by atoms with Crippen molar-refractivity contribution >= 4 is 40.3 Å². The molecule has 8 heteroatoms. The highest BCUT2D eigenvalue weighted by Crippen LogP contribution is 2.36. The molecule has 0 unspecified atom stereocenters. The van der Waals surface area contributed by atoms with Crippen molar-refractivity contribution in [3.8, 4) is 22.7 Å². The number of hydrogen-bond donors (Lipinski definition) is 0. The van der Waals surface area contributed by atoms with Crippen molar-refractivity contribution < 1.29 is 14.3 Å². The Labute approximate surface area is 208 Å². The maximum absolute atomic E-state index is 13.0. The van der Waals surface area contributed by atoms with Gasteiger partial charge in [0.15, 0.2) is 0 Å². The fourth-order valence-electron chi connectivity index (χ4n) is 3.58. The van der Waals surface area contributed by atoms with Crippen LogP contribution in [-0.4, -0.2) is 51.8 Å². The van der Waals surface area contributed by atoms with E-state index in [4.69, 9.17) is 26.8 Å². The van der Waals surface area contributed by atoms with Crippen LogP contribution in [0.4, 0.5) is 0 Å². The van der Waals surface area contributed by atoms with Crippen LogP contribution >= 0.6 is 24.0 Å². The molecule has 0 atom stereocenters. The maximum Gasteiger partial charge on any atom is 0.266 e. The smallest absolute Gasteiger partial charge is 0.266 e. The van der Waals surface area contributed by atoms with Crippen LogP contribution in [0.5, 0.6) is 5.75 Å². The van der Waals surface area contributed by atoms with Gasteiger partial charge in [-0.15, -0.1) is 0 Å². The third-order valence-corrected chi connectivity index (χ3v) is 6.64. The van der Waals surface area contributed by atoms with E-state index >= 15 is 0 Å². The molecule has 0 saturated carbocycles. The van der Waals surface area contributed by atoms with Crippen molar-refractivity contribution in [1.29, 1.82) is 0 Å². The summed E-state index contributed by atoms with van der Waals surface area (Å²) >= 11 is 6.73. The van der Waals surface area contributed by atoms with Crippen LogP contribution in [0.2, 0.25) is 0 Å². The summed E-state index contributed by atoms with van der Waals surface area (Å²) in [6.07, 6.45) is 5.52. The molecule has 1 aliphatic heterocycles. The van der Waals surface area contributed by atoms with Gasteiger partial charge in [-0.3, -0.25) is 9.69 Å². The van der Waals surface area contributed by atoms with Gasteiger partial charge < -0.3 is 9.47 Å². The van der Waals surface area contributed by atoms with Crippen molar-refractivity contribution in [2.24, 2.45) is 0 Å². The molecule has 0 N–H and O–H groups in total. The van der Waals surface area contributed by atoms with Gasteiger partial charge in [0.25, 0.3) is 5.91 Å². The number of ether oxygens (including phenoxy) is 2. The quantitative estimate of drug-likeness (QED) is 0.231. The Morgan fingerprint density at radius 2 is 2.00 bits per heavy atom. The molecule has 0 spiro atoms. The van der Waals surface area contributed by atoms with E-state index in [1.54, 1.807) is 18.1 Å². The lowest BCUT2D eigenvalue weighted by atomic mass is 10.0. The predicted octanol–water partition coefficient (Wildman–Crippen LogP) is 5.26. The summed E-state index contributed by atoms with van der Waals surface area (Å²) in [5, 5.41) is 4.89. The standard InChI is InChI=1S/C26H25N3O3S2/c1-4-13-32-21-10-11-22(18(2)15-21)24-19(17-29(27-24)20-8-6-5-7-9-20)16-23-25(30)28(12-14-31-3)26(33)34-23/h4-11,15-17H,1,12-14H2,2-3H3. The molecular formula is C26H25N3O3S2. The van der Waals surface area contributed by atoms with Crippen molar-refractivity contribution in [3.63, 3.8) is 0 Å². The lowest BCUT2D eigenvalue weighted by Crippen LogP contribution is -2.31. The van der Waals surface area contributed by atoms with E-state index in [1.165, 1.54) is 11.8 Å². The summed E-state index contributed by atoms with van der Waals surface area (Å²) < 4.78 is 13.2. The molecule has 1 amide bonds. The number of benzene rings is 2. The SMILES string of the molecule is C=CCOc1ccc(-c2nn(-c3ccccc3)cc2C=C2SC(=S)N(CCOC)C2=O)c(C)c1. The Balaban J connectivity index is 1.76. The molecule has 2 aromatic carbocycles. The van der Waals surface area contributed by atoms with Gasteiger partial charge in [-0.25, -0.2) is 4.68 Å². The predicted molar refractivity (Wildman–Crippen MR) is 141 cm³/mol. The molecule has 1 fully saturated rings. The first-order valence-electron chi connectivity index (χ1n) is 10.8. The van der Waals surface area contributed by atoms with Crippen LogP contribution < -0.4 is 4.74 Å². The summed E-state index contributed by atoms with van der Waals surface area (Å²) in [6.45, 7) is 7.01. The van der Waals surface area contributed by atoms with E-state index in [0.717, 1.165) is 33.8 Å². The molecule has 0 bridgehead atoms. The lowest BCUT2D eigenvalue weighted by Gasteiger charge is -2.12. The number of rotatable bonds is 9. The minimum absolute atomic E-state index is 0.115. The van der Waals surface area contributed by atoms with Gasteiger partial charge in [0.1, 0.15) is 22.4 Å². The minimum Gasteiger partial charge on any atom is -0.490 e. The number of amides is 1. The van der Waals surface area contributed by atoms with Crippen LogP contribution in [0.3, 0.4) is 0 Å². The minimum atomic E-state index is -0.115. The molecule has 2 heterocycles. The number of aryl methyl sites for hydroxylation is 1. The Hall–Kier alpha value is -3.20. The van der Waals surface area contributed by atoms with Crippen molar-refractivity contribution in [1.82, 2.24) is 14.7 Å². The van der Waals surface area contributed by atoms with Gasteiger partial charge >= 0.3 is 0 Å². The number of hydrogen-bond acceptors (Lipinski definition) is 6. The van der Waals surface area contributed by atoms with E-state index in [0.29, 0.717) is 29.0 Å². The number of methoxy groups -OCH3 is 1. The number of carbonyl (C=O) groups excluding carboxylic acids is 1. The molecule has 174 valence electrons. The van der Waals surface area contributed by atoms with Gasteiger partial charge in [-0.1, -0.05) is 54.8 Å². The summed E-state index contributed by atoms with van der Waals surface area (Å²) in [5.74, 6) is 0.652. The highest BCUT2D eigenvalue weighted by molar-refractivity contribution is 8.26. The van der Waals surface area contributed by atoms with Gasteiger partial charge in [-0.2, -0.15) is 5.10 Å². The Bertz CT molecular complexity index is 1250. The molecule has 0 radical (unpaired) electrons. The van der Waals surface area contributed by atoms with E-state index in [-0.39, 0.29) is 5.91 Å². The molecule has 0 aliphatic carbocycles. The number of nitrogens with zero attached hydrogens (tertiary/aromatic N) is 3. The number of para-hydroxylation sites is 1. The zero-order valence-corrected chi connectivity index (χ0v) is 20.7. The fraction of sp³-hybridized carbons (Fsp3) is 0.192. The summed E-state index contributed by atoms with van der Waals surface area (Å²) in [6, 6.07) is 15.8. The van der Waals surface area contributed by atoms with E-state index in [1.807, 2.05) is 72.4 Å². The zero-order valence-electron chi connectivity index (χ0n) is 19.1. The van der Waals surface area contributed by atoms with Crippen LogP contribution in [0.15, 0.2) is 72.3 Å². The first-order valence-corrected chi connectivity index (χ1v) is 12.0. The van der Waals surface area contributed by atoms with Crippen molar-refractivity contribution in [3.05, 3.63) is 83.4 Å². The average Bonchev–Trinajstić information content (AvgIpc) is 3.37. The van der Waals surface area contributed by atoms with Crippen LogP contribution in [0, 0.1) is 6.92 Å². The van der Waals surface area contributed by atoms with Gasteiger partial charge in [-0.05, 0) is 48.9 Å². The molecule has 3 aromatic rings. The average molecular weight is 492 g/mol. The summed E-state index contributed by atoms with van der Waals surface area (Å²) in [4.78, 5) is 15.1. The van der Waals surface area contributed by atoms with Gasteiger partial charge in [0.05, 0.1) is 23.7 Å². The van der Waals surface area contributed by atoms with Crippen molar-refractivity contribution in [2.45, 2.75) is 6.92 Å². The third kappa shape index (κ3) is 5.14. The highest BCUT2D eigenvalue weighted by atomic mass is 32.2. The molecule has 1 aromatic heterocycles. The third-order valence-electron chi connectivity index (χ3n) is 5.26. The fourth-order valence-corrected chi connectivity index (χ4v) is 4.88. The summed E-state index contributed by atoms with van der Waals surface area (Å²) in [5.41, 5.74) is 4.52. The maximum atomic E-state index is 13.0. The highest BCUT2D eigenvalue weighted by Gasteiger charge is 2.32. The molecule has 34 heavy (non-hydrogen) atoms. The normalized spacial score (nSPS) is 14.8. The van der Waals surface area contributed by atoms with Crippen molar-refractivity contribution in [2.75, 3.05) is 26.9 Å². The number of thiocarbonyl (C=S) groups is 1. The summed E-state index contributed by atoms with van der Waals surface area (Å²) in [7, 11) is 1.60. The second kappa shape index (κ2) is 10.8.